The molecule has 1 heterocycles. The summed E-state index contributed by atoms with van der Waals surface area (Å²) in [5, 5.41) is 4.64. The SMILES string of the molecule is COC(=O)/C=C/c1ccc2c(c1)CCC2NCCCc1c[nH]c2ccc(F)cc12. The Kier molecular flexibility index (Phi) is 5.76. The van der Waals surface area contributed by atoms with Crippen LogP contribution in [0.5, 0.6) is 0 Å². The summed E-state index contributed by atoms with van der Waals surface area (Å²) in [4.78, 5) is 14.5. The van der Waals surface area contributed by atoms with Crippen molar-refractivity contribution in [3.8, 4) is 0 Å². The second-order valence-corrected chi connectivity index (χ2v) is 7.47. The van der Waals surface area contributed by atoms with Crippen molar-refractivity contribution in [3.05, 3.63) is 76.7 Å². The Morgan fingerprint density at radius 1 is 1.31 bits per heavy atom. The predicted molar refractivity (Wildman–Crippen MR) is 113 cm³/mol. The van der Waals surface area contributed by atoms with Crippen LogP contribution in [-0.2, 0) is 22.4 Å². The Morgan fingerprint density at radius 3 is 3.07 bits per heavy atom. The molecule has 150 valence electrons. The molecule has 4 nitrogen and oxygen atoms in total. The maximum Gasteiger partial charge on any atom is 0.330 e. The van der Waals surface area contributed by atoms with Gasteiger partial charge in [0.05, 0.1) is 7.11 Å². The minimum atomic E-state index is -0.344. The summed E-state index contributed by atoms with van der Waals surface area (Å²) in [6.45, 7) is 0.913. The third kappa shape index (κ3) is 4.40. The first-order chi connectivity index (χ1) is 14.1. The van der Waals surface area contributed by atoms with Crippen LogP contribution in [0.1, 0.15) is 41.1 Å². The number of rotatable bonds is 7. The molecule has 0 saturated carbocycles. The van der Waals surface area contributed by atoms with Gasteiger partial charge in [0.15, 0.2) is 0 Å². The number of hydrogen-bond acceptors (Lipinski definition) is 3. The highest BCUT2D eigenvalue weighted by molar-refractivity contribution is 5.87. The van der Waals surface area contributed by atoms with E-state index in [1.165, 1.54) is 30.4 Å². The van der Waals surface area contributed by atoms with Gasteiger partial charge in [0.25, 0.3) is 0 Å². The van der Waals surface area contributed by atoms with E-state index in [4.69, 9.17) is 0 Å². The zero-order chi connectivity index (χ0) is 20.2. The Hall–Kier alpha value is -2.92. The summed E-state index contributed by atoms with van der Waals surface area (Å²) >= 11 is 0. The fraction of sp³-hybridized carbons (Fsp3) is 0.292. The lowest BCUT2D eigenvalue weighted by molar-refractivity contribution is -0.134. The number of methoxy groups -OCH3 is 1. The lowest BCUT2D eigenvalue weighted by Crippen LogP contribution is -2.20. The van der Waals surface area contributed by atoms with Gasteiger partial charge in [-0.3, -0.25) is 0 Å². The number of hydrogen-bond donors (Lipinski definition) is 2. The second kappa shape index (κ2) is 8.62. The van der Waals surface area contributed by atoms with E-state index in [2.05, 4.69) is 27.2 Å². The van der Waals surface area contributed by atoms with Crippen LogP contribution in [0.25, 0.3) is 17.0 Å². The summed E-state index contributed by atoms with van der Waals surface area (Å²) in [5.41, 5.74) is 5.84. The Labute approximate surface area is 169 Å². The first-order valence-electron chi connectivity index (χ1n) is 10.0. The van der Waals surface area contributed by atoms with Crippen molar-refractivity contribution in [3.63, 3.8) is 0 Å². The zero-order valence-electron chi connectivity index (χ0n) is 16.5. The van der Waals surface area contributed by atoms with Gasteiger partial charge in [-0.05, 0) is 78.8 Å². The van der Waals surface area contributed by atoms with Crippen molar-refractivity contribution in [1.29, 1.82) is 0 Å². The summed E-state index contributed by atoms with van der Waals surface area (Å²) in [7, 11) is 1.38. The maximum absolute atomic E-state index is 13.5. The number of esters is 1. The molecule has 0 amide bonds. The standard InChI is InChI=1S/C24H25FN2O2/c1-29-24(28)11-5-16-4-8-20-17(13-16)6-9-22(20)26-12-2-3-18-15-27-23-10-7-19(25)14-21(18)23/h4-5,7-8,10-11,13-15,22,26-27H,2-3,6,9,12H2,1H3/b11-5+. The lowest BCUT2D eigenvalue weighted by atomic mass is 10.0. The molecule has 2 N–H and O–H groups in total. The number of H-pyrrole nitrogens is 1. The van der Waals surface area contributed by atoms with E-state index < -0.39 is 0 Å². The van der Waals surface area contributed by atoms with Gasteiger partial charge in [-0.2, -0.15) is 0 Å². The van der Waals surface area contributed by atoms with Crippen molar-refractivity contribution in [2.24, 2.45) is 0 Å². The van der Waals surface area contributed by atoms with Crippen LogP contribution >= 0.6 is 0 Å². The van der Waals surface area contributed by atoms with Crippen LogP contribution in [0.4, 0.5) is 4.39 Å². The van der Waals surface area contributed by atoms with Gasteiger partial charge in [0.1, 0.15) is 5.82 Å². The number of aromatic nitrogens is 1. The number of carbonyl (C=O) groups is 1. The van der Waals surface area contributed by atoms with Gasteiger partial charge in [-0.15, -0.1) is 0 Å². The van der Waals surface area contributed by atoms with Crippen LogP contribution in [0.2, 0.25) is 0 Å². The molecule has 1 aromatic heterocycles. The largest absolute Gasteiger partial charge is 0.466 e. The number of benzene rings is 2. The van der Waals surface area contributed by atoms with E-state index in [1.54, 1.807) is 18.2 Å². The van der Waals surface area contributed by atoms with Gasteiger partial charge < -0.3 is 15.0 Å². The number of nitrogens with one attached hydrogen (secondary N) is 2. The molecule has 0 bridgehead atoms. The second-order valence-electron chi connectivity index (χ2n) is 7.47. The molecule has 29 heavy (non-hydrogen) atoms. The van der Waals surface area contributed by atoms with Crippen LogP contribution in [0.3, 0.4) is 0 Å². The fourth-order valence-corrected chi connectivity index (χ4v) is 4.10. The predicted octanol–water partition coefficient (Wildman–Crippen LogP) is 4.70. The van der Waals surface area contributed by atoms with E-state index in [1.807, 2.05) is 12.3 Å². The van der Waals surface area contributed by atoms with Crippen LogP contribution in [0, 0.1) is 5.82 Å². The molecular weight excluding hydrogens is 367 g/mol. The van der Waals surface area contributed by atoms with Crippen LogP contribution < -0.4 is 5.32 Å². The number of ether oxygens (including phenoxy) is 1. The van der Waals surface area contributed by atoms with E-state index in [9.17, 15) is 9.18 Å². The summed E-state index contributed by atoms with van der Waals surface area (Å²) in [6, 6.07) is 11.6. The van der Waals surface area contributed by atoms with Crippen molar-refractivity contribution in [2.45, 2.75) is 31.7 Å². The molecular formula is C24H25FN2O2. The van der Waals surface area contributed by atoms with Crippen molar-refractivity contribution in [1.82, 2.24) is 10.3 Å². The molecule has 2 aromatic carbocycles. The normalized spacial score (nSPS) is 15.9. The third-order valence-corrected chi connectivity index (χ3v) is 5.60. The number of aryl methyl sites for hydroxylation is 2. The fourth-order valence-electron chi connectivity index (χ4n) is 4.10. The molecule has 1 aliphatic carbocycles. The summed E-state index contributed by atoms with van der Waals surface area (Å²) < 4.78 is 18.1. The topological polar surface area (TPSA) is 54.1 Å². The smallest absolute Gasteiger partial charge is 0.330 e. The third-order valence-electron chi connectivity index (χ3n) is 5.60. The molecule has 1 unspecified atom stereocenters. The average molecular weight is 392 g/mol. The van der Waals surface area contributed by atoms with E-state index in [-0.39, 0.29) is 11.8 Å². The molecule has 0 spiro atoms. The number of aromatic amines is 1. The molecule has 0 aliphatic heterocycles. The molecule has 5 heteroatoms. The molecule has 1 atom stereocenters. The van der Waals surface area contributed by atoms with E-state index >= 15 is 0 Å². The number of halogens is 1. The molecule has 4 rings (SSSR count). The summed E-state index contributed by atoms with van der Waals surface area (Å²) in [5.74, 6) is -0.539. The molecule has 3 aromatic rings. The Morgan fingerprint density at radius 2 is 2.21 bits per heavy atom. The quantitative estimate of drug-likeness (QED) is 0.348. The van der Waals surface area contributed by atoms with Gasteiger partial charge in [-0.25, -0.2) is 9.18 Å². The highest BCUT2D eigenvalue weighted by atomic mass is 19.1. The first-order valence-corrected chi connectivity index (χ1v) is 10.0. The van der Waals surface area contributed by atoms with Crippen molar-refractivity contribution in [2.75, 3.05) is 13.7 Å². The highest BCUT2D eigenvalue weighted by Crippen LogP contribution is 2.32. The van der Waals surface area contributed by atoms with E-state index in [0.29, 0.717) is 6.04 Å². The molecule has 0 fully saturated rings. The molecule has 0 saturated heterocycles. The maximum atomic E-state index is 13.5. The number of fused-ring (bicyclic) bond motifs is 2. The zero-order valence-corrected chi connectivity index (χ0v) is 16.5. The van der Waals surface area contributed by atoms with Gasteiger partial charge >= 0.3 is 5.97 Å². The average Bonchev–Trinajstić information content (AvgIpc) is 3.32. The van der Waals surface area contributed by atoms with Crippen LogP contribution in [0.15, 0.2) is 48.7 Å². The monoisotopic (exact) mass is 392 g/mol. The first kappa shape index (κ1) is 19.4. The minimum Gasteiger partial charge on any atom is -0.466 e. The van der Waals surface area contributed by atoms with Crippen LogP contribution in [-0.4, -0.2) is 24.6 Å². The molecule has 1 aliphatic rings. The van der Waals surface area contributed by atoms with E-state index in [0.717, 1.165) is 54.3 Å². The Bertz CT molecular complexity index is 1050. The van der Waals surface area contributed by atoms with Crippen molar-refractivity contribution >= 4 is 22.9 Å². The Balaban J connectivity index is 1.32. The number of carbonyl (C=O) groups excluding carboxylic acids is 1. The molecule has 0 radical (unpaired) electrons. The minimum absolute atomic E-state index is 0.195. The highest BCUT2D eigenvalue weighted by Gasteiger charge is 2.21. The van der Waals surface area contributed by atoms with Gasteiger partial charge in [0, 0.05) is 29.2 Å². The van der Waals surface area contributed by atoms with Gasteiger partial charge in [-0.1, -0.05) is 18.2 Å². The summed E-state index contributed by atoms with van der Waals surface area (Å²) in [6.07, 6.45) is 9.24. The van der Waals surface area contributed by atoms with Gasteiger partial charge in [0.2, 0.25) is 0 Å². The lowest BCUT2D eigenvalue weighted by Gasteiger charge is -2.14. The van der Waals surface area contributed by atoms with Crippen molar-refractivity contribution < 1.29 is 13.9 Å².